The van der Waals surface area contributed by atoms with E-state index < -0.39 is 24.3 Å². The molecule has 0 saturated heterocycles. The Morgan fingerprint density at radius 1 is 0.397 bits per heavy atom. The first-order chi connectivity index (χ1) is 38.1. The lowest BCUT2D eigenvalue weighted by Crippen LogP contribution is -2.40. The van der Waals surface area contributed by atoms with Gasteiger partial charge in [-0.2, -0.15) is 0 Å². The van der Waals surface area contributed by atoms with Gasteiger partial charge in [0.15, 0.2) is 6.10 Å². The molecule has 0 rings (SSSR count). The van der Waals surface area contributed by atoms with E-state index >= 15 is 0 Å². The summed E-state index contributed by atoms with van der Waals surface area (Å²) < 4.78 is 23.0. The number of ether oxygens (including phenoxy) is 4. The minimum atomic E-state index is -1.51. The summed E-state index contributed by atoms with van der Waals surface area (Å²) >= 11 is 0. The van der Waals surface area contributed by atoms with Gasteiger partial charge in [0.2, 0.25) is 0 Å². The lowest BCUT2D eigenvalue weighted by Gasteiger charge is -2.25. The Morgan fingerprint density at radius 3 is 1.09 bits per heavy atom. The Balaban J connectivity index is 4.16. The van der Waals surface area contributed by atoms with Gasteiger partial charge >= 0.3 is 17.9 Å². The Hall–Kier alpha value is -3.27. The van der Waals surface area contributed by atoms with Crippen molar-refractivity contribution in [3.05, 3.63) is 72.9 Å². The summed E-state index contributed by atoms with van der Waals surface area (Å²) in [5, 5.41) is 9.73. The van der Waals surface area contributed by atoms with Crippen molar-refractivity contribution in [2.75, 3.05) is 47.5 Å². The third-order valence-corrected chi connectivity index (χ3v) is 14.2. The van der Waals surface area contributed by atoms with Crippen LogP contribution in [-0.2, 0) is 33.3 Å². The van der Waals surface area contributed by atoms with Crippen LogP contribution in [0.15, 0.2) is 72.9 Å². The largest absolute Gasteiger partial charge is 0.477 e. The molecule has 0 aliphatic carbocycles. The molecule has 2 atom stereocenters. The molecule has 0 aromatic carbocycles. The van der Waals surface area contributed by atoms with Crippen LogP contribution >= 0.6 is 0 Å². The normalized spacial score (nSPS) is 13.2. The molecule has 0 aromatic rings. The minimum absolute atomic E-state index is 0.181. The lowest BCUT2D eigenvalue weighted by atomic mass is 10.0. The third kappa shape index (κ3) is 60.4. The topological polar surface area (TPSA) is 108 Å². The highest BCUT2D eigenvalue weighted by Gasteiger charge is 2.25. The second-order valence-electron chi connectivity index (χ2n) is 23.1. The number of carbonyl (C=O) groups excluding carboxylic acids is 2. The summed E-state index contributed by atoms with van der Waals surface area (Å²) in [6.45, 7) is 4.80. The van der Waals surface area contributed by atoms with Crippen LogP contribution in [-0.4, -0.2) is 87.4 Å². The molecule has 9 heteroatoms. The molecular weight excluding hydrogens is 971 g/mol. The summed E-state index contributed by atoms with van der Waals surface area (Å²) in [7, 11) is 5.98. The number of rotatable bonds is 60. The summed E-state index contributed by atoms with van der Waals surface area (Å²) in [6, 6.07) is 0. The molecule has 0 bridgehead atoms. The maximum atomic E-state index is 12.9. The SMILES string of the molecule is CC/C=C\C/C=C\C/C=C\C/C=C\C/C=C\C/C=C\CCCCCCCCCCCCCCC(=O)OC(COC(=O)CCCCCCCCCCCCCCCCCCCCCCCC)COC(OCC[N+](C)(C)C)C(=O)O. The van der Waals surface area contributed by atoms with Crippen molar-refractivity contribution in [1.29, 1.82) is 0 Å². The molecule has 0 aromatic heterocycles. The van der Waals surface area contributed by atoms with Gasteiger partial charge in [0.25, 0.3) is 6.29 Å². The summed E-state index contributed by atoms with van der Waals surface area (Å²) in [6.07, 6.45) is 75.6. The van der Waals surface area contributed by atoms with Crippen molar-refractivity contribution in [2.24, 2.45) is 0 Å². The number of carboxylic acid groups (broad SMARTS) is 1. The van der Waals surface area contributed by atoms with Crippen molar-refractivity contribution in [2.45, 2.75) is 302 Å². The van der Waals surface area contributed by atoms with E-state index in [2.05, 4.69) is 86.8 Å². The number of allylic oxidation sites excluding steroid dienone is 12. The third-order valence-electron chi connectivity index (χ3n) is 14.2. The molecule has 0 aliphatic rings. The number of quaternary nitrogens is 1. The van der Waals surface area contributed by atoms with Crippen LogP contribution in [0.3, 0.4) is 0 Å². The Labute approximate surface area is 481 Å². The molecule has 0 aliphatic heterocycles. The quantitative estimate of drug-likeness (QED) is 0.0211. The van der Waals surface area contributed by atoms with Gasteiger partial charge in [0.05, 0.1) is 34.4 Å². The first-order valence-electron chi connectivity index (χ1n) is 32.6. The van der Waals surface area contributed by atoms with Crippen LogP contribution in [0.1, 0.15) is 290 Å². The number of nitrogens with zero attached hydrogens (tertiary/aromatic N) is 1. The van der Waals surface area contributed by atoms with Crippen LogP contribution in [0.5, 0.6) is 0 Å². The monoisotopic (exact) mass is 1090 g/mol. The maximum absolute atomic E-state index is 12.9. The summed E-state index contributed by atoms with van der Waals surface area (Å²) in [4.78, 5) is 37.5. The fraction of sp³-hybridized carbons (Fsp3) is 0.783. The van der Waals surface area contributed by atoms with E-state index in [4.69, 9.17) is 18.9 Å². The van der Waals surface area contributed by atoms with Gasteiger partial charge in [-0.1, -0.05) is 286 Å². The summed E-state index contributed by atoms with van der Waals surface area (Å²) in [5.41, 5.74) is 0. The van der Waals surface area contributed by atoms with Crippen molar-refractivity contribution >= 4 is 17.9 Å². The summed E-state index contributed by atoms with van der Waals surface area (Å²) in [5.74, 6) is -1.99. The Kier molecular flexibility index (Phi) is 57.3. The number of hydrogen-bond donors (Lipinski definition) is 1. The highest BCUT2D eigenvalue weighted by atomic mass is 16.7. The second kappa shape index (κ2) is 59.8. The predicted octanol–water partition coefficient (Wildman–Crippen LogP) is 19.7. The molecule has 0 saturated carbocycles. The first kappa shape index (κ1) is 74.7. The smallest absolute Gasteiger partial charge is 0.361 e. The number of likely N-dealkylation sites (N-methyl/N-ethyl adjacent to an activating group) is 1. The Morgan fingerprint density at radius 2 is 0.731 bits per heavy atom. The fourth-order valence-electron chi connectivity index (χ4n) is 9.26. The van der Waals surface area contributed by atoms with E-state index in [0.29, 0.717) is 17.4 Å². The van der Waals surface area contributed by atoms with Crippen LogP contribution in [0, 0.1) is 0 Å². The van der Waals surface area contributed by atoms with Crippen LogP contribution in [0.25, 0.3) is 0 Å². The molecule has 0 spiro atoms. The van der Waals surface area contributed by atoms with Gasteiger partial charge in [-0.05, 0) is 64.2 Å². The minimum Gasteiger partial charge on any atom is -0.477 e. The van der Waals surface area contributed by atoms with E-state index in [-0.39, 0.29) is 32.2 Å². The highest BCUT2D eigenvalue weighted by molar-refractivity contribution is 5.71. The number of esters is 2. The van der Waals surface area contributed by atoms with Gasteiger partial charge in [-0.25, -0.2) is 4.79 Å². The lowest BCUT2D eigenvalue weighted by molar-refractivity contribution is -0.870. The van der Waals surface area contributed by atoms with Crippen LogP contribution < -0.4 is 0 Å². The van der Waals surface area contributed by atoms with Gasteiger partial charge in [0, 0.05) is 12.8 Å². The zero-order chi connectivity index (χ0) is 56.9. The average molecular weight is 1100 g/mol. The standard InChI is InChI=1S/C69H123NO8/c1-6-8-10-12-14-16-18-20-22-24-26-28-30-31-32-33-34-35-36-37-38-40-42-44-46-48-50-52-54-56-58-60-67(72)78-65(64-77-69(68(73)74)75-62-61-70(3,4)5)63-76-66(71)59-57-55-53-51-49-47-45-43-41-39-29-27-25-23-21-19-17-15-13-11-9-7-2/h8,10,14,16,20,22,26,28,31-32,34-35,65,69H,6-7,9,11-13,15,17-19,21,23-25,27,29-30,33,36-64H2,1-5H3/p+1/b10-8-,16-14-,22-20-,28-26-,32-31-,35-34-. The first-order valence-corrected chi connectivity index (χ1v) is 32.6. The van der Waals surface area contributed by atoms with Crippen molar-refractivity contribution < 1.29 is 42.9 Å². The average Bonchev–Trinajstić information content (AvgIpc) is 3.41. The molecular formula is C69H124NO8+. The molecule has 0 amide bonds. The van der Waals surface area contributed by atoms with E-state index in [9.17, 15) is 19.5 Å². The van der Waals surface area contributed by atoms with Gasteiger partial charge in [-0.3, -0.25) is 9.59 Å². The van der Waals surface area contributed by atoms with Crippen LogP contribution in [0.4, 0.5) is 0 Å². The van der Waals surface area contributed by atoms with Crippen molar-refractivity contribution in [3.63, 3.8) is 0 Å². The van der Waals surface area contributed by atoms with E-state index in [1.54, 1.807) is 0 Å². The zero-order valence-electron chi connectivity index (χ0n) is 51.6. The van der Waals surface area contributed by atoms with E-state index in [1.165, 1.54) is 180 Å². The molecule has 452 valence electrons. The molecule has 0 heterocycles. The van der Waals surface area contributed by atoms with Crippen molar-refractivity contribution in [1.82, 2.24) is 0 Å². The molecule has 78 heavy (non-hydrogen) atoms. The second-order valence-corrected chi connectivity index (χ2v) is 23.1. The molecule has 0 radical (unpaired) electrons. The zero-order valence-corrected chi connectivity index (χ0v) is 51.6. The van der Waals surface area contributed by atoms with Crippen LogP contribution in [0.2, 0.25) is 0 Å². The fourth-order valence-corrected chi connectivity index (χ4v) is 9.26. The molecule has 0 fully saturated rings. The highest BCUT2D eigenvalue weighted by Crippen LogP contribution is 2.18. The van der Waals surface area contributed by atoms with E-state index in [0.717, 1.165) is 83.5 Å². The van der Waals surface area contributed by atoms with E-state index in [1.807, 2.05) is 21.1 Å². The predicted molar refractivity (Wildman–Crippen MR) is 332 cm³/mol. The number of hydrogen-bond acceptors (Lipinski definition) is 7. The van der Waals surface area contributed by atoms with Gasteiger partial charge < -0.3 is 28.5 Å². The number of carbonyl (C=O) groups is 3. The molecule has 9 nitrogen and oxygen atoms in total. The number of carboxylic acids is 1. The van der Waals surface area contributed by atoms with Gasteiger partial charge in [0.1, 0.15) is 13.2 Å². The van der Waals surface area contributed by atoms with Crippen molar-refractivity contribution in [3.8, 4) is 0 Å². The molecule has 2 unspecified atom stereocenters. The van der Waals surface area contributed by atoms with Gasteiger partial charge in [-0.15, -0.1) is 0 Å². The molecule has 1 N–H and O–H groups in total. The Bertz CT molecular complexity index is 1510. The number of unbranched alkanes of at least 4 members (excludes halogenated alkanes) is 33. The maximum Gasteiger partial charge on any atom is 0.361 e. The number of aliphatic carboxylic acids is 1.